The van der Waals surface area contributed by atoms with Crippen molar-refractivity contribution in [2.75, 3.05) is 13.2 Å². The van der Waals surface area contributed by atoms with Crippen molar-refractivity contribution >= 4 is 5.97 Å². The minimum absolute atomic E-state index is 0.114. The molecule has 2 N–H and O–H groups in total. The van der Waals surface area contributed by atoms with Crippen molar-refractivity contribution in [2.45, 2.75) is 19.5 Å². The summed E-state index contributed by atoms with van der Waals surface area (Å²) in [7, 11) is 0. The number of rotatable bonds is 4. The Labute approximate surface area is 92.6 Å². The first-order chi connectivity index (χ1) is 7.69. The molecule has 0 saturated carbocycles. The lowest BCUT2D eigenvalue weighted by atomic mass is 10.2. The lowest BCUT2D eigenvalue weighted by Gasteiger charge is -2.10. The van der Waals surface area contributed by atoms with Gasteiger partial charge in [-0.15, -0.1) is 0 Å². The van der Waals surface area contributed by atoms with Crippen molar-refractivity contribution in [3.05, 3.63) is 23.3 Å². The minimum atomic E-state index is -0.926. The number of carboxylic acids is 1. The van der Waals surface area contributed by atoms with Gasteiger partial charge in [0.2, 0.25) is 0 Å². The lowest BCUT2D eigenvalue weighted by molar-refractivity contribution is -0.136. The van der Waals surface area contributed by atoms with Gasteiger partial charge in [-0.2, -0.15) is 0 Å². The molecule has 86 valence electrons. The van der Waals surface area contributed by atoms with E-state index < -0.39 is 5.97 Å². The van der Waals surface area contributed by atoms with Gasteiger partial charge in [-0.1, -0.05) is 0 Å². The van der Waals surface area contributed by atoms with Crippen LogP contribution in [0.2, 0.25) is 0 Å². The molecule has 16 heavy (non-hydrogen) atoms. The highest BCUT2D eigenvalue weighted by Crippen LogP contribution is 2.19. The van der Waals surface area contributed by atoms with E-state index in [0.29, 0.717) is 18.9 Å². The number of carboxylic acid groups (broad SMARTS) is 1. The third-order valence-electron chi connectivity index (χ3n) is 2.50. The Hall–Kier alpha value is -1.53. The van der Waals surface area contributed by atoms with Crippen LogP contribution in [0, 0.1) is 0 Å². The average molecular weight is 223 g/mol. The number of fused-ring (bicyclic) bond motifs is 1. The van der Waals surface area contributed by atoms with Crippen molar-refractivity contribution in [1.82, 2.24) is 14.9 Å². The Kier molecular flexibility index (Phi) is 3.12. The Balaban J connectivity index is 2.11. The third-order valence-corrected chi connectivity index (χ3v) is 2.50. The van der Waals surface area contributed by atoms with Crippen LogP contribution in [0.5, 0.6) is 0 Å². The molecule has 0 aliphatic carbocycles. The third kappa shape index (κ3) is 2.34. The number of nitrogens with zero attached hydrogens (tertiary/aromatic N) is 3. The van der Waals surface area contributed by atoms with E-state index in [0.717, 1.165) is 17.8 Å². The van der Waals surface area contributed by atoms with Crippen LogP contribution in [0.25, 0.3) is 0 Å². The van der Waals surface area contributed by atoms with Crippen LogP contribution in [0.1, 0.15) is 17.1 Å². The maximum Gasteiger partial charge on any atom is 0.311 e. The van der Waals surface area contributed by atoms with Crippen LogP contribution in [0.15, 0.2) is 6.20 Å². The van der Waals surface area contributed by atoms with Gasteiger partial charge in [-0.25, -0.2) is 9.97 Å². The summed E-state index contributed by atoms with van der Waals surface area (Å²) >= 11 is 0. The first-order valence-electron chi connectivity index (χ1n) is 5.07. The van der Waals surface area contributed by atoms with E-state index in [9.17, 15) is 4.79 Å². The van der Waals surface area contributed by atoms with Crippen LogP contribution in [-0.4, -0.2) is 44.2 Å². The van der Waals surface area contributed by atoms with Crippen LogP contribution >= 0.6 is 0 Å². The first kappa shape index (κ1) is 11.0. The smallest absolute Gasteiger partial charge is 0.311 e. The molecule has 0 radical (unpaired) electrons. The number of aliphatic hydroxyl groups is 1. The van der Waals surface area contributed by atoms with Crippen molar-refractivity contribution in [1.29, 1.82) is 0 Å². The summed E-state index contributed by atoms with van der Waals surface area (Å²) in [4.78, 5) is 20.8. The molecule has 0 amide bonds. The molecule has 1 aliphatic rings. The molecule has 6 heteroatoms. The Morgan fingerprint density at radius 1 is 1.50 bits per heavy atom. The molecule has 0 fully saturated rings. The summed E-state index contributed by atoms with van der Waals surface area (Å²) in [6.07, 6.45) is 1.53. The molecule has 1 aromatic rings. The van der Waals surface area contributed by atoms with E-state index in [1.165, 1.54) is 0 Å². The minimum Gasteiger partial charge on any atom is -0.481 e. The zero-order valence-corrected chi connectivity index (χ0v) is 8.76. The van der Waals surface area contributed by atoms with Gasteiger partial charge in [0.25, 0.3) is 0 Å². The lowest BCUT2D eigenvalue weighted by Crippen LogP contribution is -2.20. The summed E-state index contributed by atoms with van der Waals surface area (Å²) in [6.45, 7) is 2.10. The highest BCUT2D eigenvalue weighted by atomic mass is 16.4. The molecule has 0 atom stereocenters. The van der Waals surface area contributed by atoms with E-state index in [2.05, 4.69) is 9.97 Å². The van der Waals surface area contributed by atoms with E-state index in [1.807, 2.05) is 4.90 Å². The maximum atomic E-state index is 10.5. The monoisotopic (exact) mass is 223 g/mol. The molecule has 0 aromatic carbocycles. The van der Waals surface area contributed by atoms with Gasteiger partial charge in [0.05, 0.1) is 12.3 Å². The van der Waals surface area contributed by atoms with Gasteiger partial charge in [0.1, 0.15) is 12.2 Å². The molecule has 0 saturated heterocycles. The molecule has 0 spiro atoms. The zero-order chi connectivity index (χ0) is 11.5. The average Bonchev–Trinajstić information content (AvgIpc) is 2.59. The predicted molar refractivity (Wildman–Crippen MR) is 54.6 cm³/mol. The van der Waals surface area contributed by atoms with Crippen molar-refractivity contribution < 1.29 is 15.0 Å². The topological polar surface area (TPSA) is 86.5 Å². The van der Waals surface area contributed by atoms with E-state index in [1.54, 1.807) is 6.20 Å². The molecular weight excluding hydrogens is 210 g/mol. The largest absolute Gasteiger partial charge is 0.481 e. The highest BCUT2D eigenvalue weighted by molar-refractivity contribution is 5.68. The zero-order valence-electron chi connectivity index (χ0n) is 8.76. The summed E-state index contributed by atoms with van der Waals surface area (Å²) in [5.74, 6) is -0.581. The Morgan fingerprint density at radius 2 is 2.31 bits per heavy atom. The van der Waals surface area contributed by atoms with E-state index in [4.69, 9.17) is 10.2 Å². The van der Waals surface area contributed by atoms with Crippen LogP contribution in [0.4, 0.5) is 0 Å². The van der Waals surface area contributed by atoms with Crippen molar-refractivity contribution in [3.8, 4) is 0 Å². The number of carbonyl (C=O) groups is 1. The summed E-state index contributed by atoms with van der Waals surface area (Å²) in [5, 5.41) is 17.5. The second-order valence-electron chi connectivity index (χ2n) is 3.76. The maximum absolute atomic E-state index is 10.5. The Morgan fingerprint density at radius 3 is 3.00 bits per heavy atom. The Bertz CT molecular complexity index is 408. The number of aromatic nitrogens is 2. The molecule has 0 unspecified atom stereocenters. The summed E-state index contributed by atoms with van der Waals surface area (Å²) in [5.41, 5.74) is 1.89. The standard InChI is InChI=1S/C10H13N3O3/c14-2-1-13-5-7-4-11-9(3-10(15)16)12-8(7)6-13/h4,14H,1-3,5-6H2,(H,15,16). The number of β-amino-alcohol motifs (C(OH)–C–C–N with tert-alkyl or cyclic N) is 1. The molecule has 1 aliphatic heterocycles. The van der Waals surface area contributed by atoms with Crippen LogP contribution in [-0.2, 0) is 24.3 Å². The van der Waals surface area contributed by atoms with Gasteiger partial charge in [-0.3, -0.25) is 9.69 Å². The second-order valence-corrected chi connectivity index (χ2v) is 3.76. The van der Waals surface area contributed by atoms with Crippen molar-refractivity contribution in [3.63, 3.8) is 0 Å². The van der Waals surface area contributed by atoms with Gasteiger partial charge < -0.3 is 10.2 Å². The van der Waals surface area contributed by atoms with Gasteiger partial charge in [0.15, 0.2) is 0 Å². The fraction of sp³-hybridized carbons (Fsp3) is 0.500. The van der Waals surface area contributed by atoms with Crippen LogP contribution < -0.4 is 0 Å². The molecule has 1 aromatic heterocycles. The molecule has 2 rings (SSSR count). The number of aliphatic carboxylic acids is 1. The number of hydrogen-bond acceptors (Lipinski definition) is 5. The SMILES string of the molecule is O=C(O)Cc1ncc2c(n1)CN(CCO)C2. The molecule has 0 bridgehead atoms. The highest BCUT2D eigenvalue weighted by Gasteiger charge is 2.20. The van der Waals surface area contributed by atoms with Gasteiger partial charge in [0, 0.05) is 31.4 Å². The van der Waals surface area contributed by atoms with Gasteiger partial charge >= 0.3 is 5.97 Å². The fourth-order valence-corrected chi connectivity index (χ4v) is 1.78. The first-order valence-corrected chi connectivity index (χ1v) is 5.07. The van der Waals surface area contributed by atoms with E-state index >= 15 is 0 Å². The summed E-state index contributed by atoms with van der Waals surface area (Å²) in [6, 6.07) is 0. The second kappa shape index (κ2) is 4.54. The normalized spacial score (nSPS) is 15.1. The van der Waals surface area contributed by atoms with E-state index in [-0.39, 0.29) is 13.0 Å². The number of aliphatic hydroxyl groups excluding tert-OH is 1. The van der Waals surface area contributed by atoms with Gasteiger partial charge in [-0.05, 0) is 0 Å². The van der Waals surface area contributed by atoms with Crippen molar-refractivity contribution in [2.24, 2.45) is 0 Å². The fourth-order valence-electron chi connectivity index (χ4n) is 1.78. The molecular formula is C10H13N3O3. The predicted octanol–water partition coefficient (Wildman–Crippen LogP) is -0.588. The molecule has 2 heterocycles. The van der Waals surface area contributed by atoms with Crippen LogP contribution in [0.3, 0.4) is 0 Å². The number of hydrogen-bond donors (Lipinski definition) is 2. The summed E-state index contributed by atoms with van der Waals surface area (Å²) < 4.78 is 0. The quantitative estimate of drug-likeness (QED) is 0.709. The molecule has 6 nitrogen and oxygen atoms in total.